The number of benzene rings is 2. The number of aryl methyl sites for hydroxylation is 1. The fourth-order valence-electron chi connectivity index (χ4n) is 3.33. The molecule has 6 heteroatoms. The normalized spacial score (nSPS) is 12.7. The Labute approximate surface area is 167 Å². The predicted octanol–water partition coefficient (Wildman–Crippen LogP) is 5.52. The van der Waals surface area contributed by atoms with Gasteiger partial charge in [0.2, 0.25) is 0 Å². The molecule has 3 N–H and O–H groups in total. The second kappa shape index (κ2) is 8.27. The fraction of sp³-hybridized carbons (Fsp3) is 0.182. The van der Waals surface area contributed by atoms with Gasteiger partial charge in [0, 0.05) is 27.3 Å². The molecular formula is C22H21N3O2S. The van der Waals surface area contributed by atoms with Gasteiger partial charge in [0.05, 0.1) is 5.56 Å². The maximum absolute atomic E-state index is 12.6. The van der Waals surface area contributed by atoms with Crippen molar-refractivity contribution < 1.29 is 9.59 Å². The molecule has 3 amide bonds. The van der Waals surface area contributed by atoms with Gasteiger partial charge in [-0.3, -0.25) is 4.79 Å². The summed E-state index contributed by atoms with van der Waals surface area (Å²) in [6.07, 6.45) is 4.43. The van der Waals surface area contributed by atoms with Gasteiger partial charge in [-0.2, -0.15) is 0 Å². The van der Waals surface area contributed by atoms with Crippen LogP contribution in [0.3, 0.4) is 0 Å². The quantitative estimate of drug-likeness (QED) is 0.548. The van der Waals surface area contributed by atoms with Crippen molar-refractivity contribution in [3.05, 3.63) is 76.0 Å². The summed E-state index contributed by atoms with van der Waals surface area (Å²) in [7, 11) is 0. The van der Waals surface area contributed by atoms with E-state index in [1.807, 2.05) is 35.7 Å². The van der Waals surface area contributed by atoms with Gasteiger partial charge in [-0.15, -0.1) is 11.3 Å². The first-order valence-corrected chi connectivity index (χ1v) is 10.2. The molecule has 4 rings (SSSR count). The van der Waals surface area contributed by atoms with Gasteiger partial charge < -0.3 is 16.0 Å². The van der Waals surface area contributed by atoms with E-state index in [0.29, 0.717) is 11.4 Å². The number of nitrogens with one attached hydrogen (secondary N) is 3. The van der Waals surface area contributed by atoms with E-state index >= 15 is 0 Å². The molecule has 0 unspecified atom stereocenters. The highest BCUT2D eigenvalue weighted by Gasteiger charge is 2.20. The van der Waals surface area contributed by atoms with Crippen molar-refractivity contribution in [2.45, 2.75) is 25.7 Å². The number of rotatable bonds is 4. The van der Waals surface area contributed by atoms with Crippen LogP contribution in [0.2, 0.25) is 0 Å². The first-order chi connectivity index (χ1) is 13.7. The molecule has 2 aromatic carbocycles. The molecule has 1 heterocycles. The van der Waals surface area contributed by atoms with Crippen LogP contribution >= 0.6 is 11.3 Å². The standard InChI is InChI=1S/C22H21N3O2S/c26-21(19-14-28-20-9-5-4-8-18(19)20)23-16-10-12-17(13-11-16)25-22(27)24-15-6-2-1-3-7-15/h1-3,6-7,10-14H,4-5,8-9H2,(H,23,26)(H2,24,25,27). The van der Waals surface area contributed by atoms with Crippen LogP contribution in [0, 0.1) is 0 Å². The average molecular weight is 391 g/mol. The highest BCUT2D eigenvalue weighted by molar-refractivity contribution is 7.10. The Kier molecular flexibility index (Phi) is 5.39. The number of carbonyl (C=O) groups is 2. The lowest BCUT2D eigenvalue weighted by molar-refractivity contribution is 0.102. The molecular weight excluding hydrogens is 370 g/mol. The predicted molar refractivity (Wildman–Crippen MR) is 114 cm³/mol. The van der Waals surface area contributed by atoms with Gasteiger partial charge >= 0.3 is 6.03 Å². The molecule has 0 saturated carbocycles. The summed E-state index contributed by atoms with van der Waals surface area (Å²) in [5.74, 6) is -0.0677. The fourth-order valence-corrected chi connectivity index (χ4v) is 4.46. The Morgan fingerprint density at radius 1 is 0.750 bits per heavy atom. The Hall–Kier alpha value is -3.12. The van der Waals surface area contributed by atoms with Crippen LogP contribution in [-0.4, -0.2) is 11.9 Å². The smallest absolute Gasteiger partial charge is 0.322 e. The summed E-state index contributed by atoms with van der Waals surface area (Å²) >= 11 is 1.69. The largest absolute Gasteiger partial charge is 0.323 e. The van der Waals surface area contributed by atoms with Gasteiger partial charge in [-0.05, 0) is 67.6 Å². The van der Waals surface area contributed by atoms with Gasteiger partial charge in [0.25, 0.3) is 5.91 Å². The zero-order valence-corrected chi connectivity index (χ0v) is 16.1. The number of hydrogen-bond donors (Lipinski definition) is 3. The van der Waals surface area contributed by atoms with Gasteiger partial charge in [0.15, 0.2) is 0 Å². The Bertz CT molecular complexity index is 981. The van der Waals surface area contributed by atoms with E-state index in [0.717, 1.165) is 30.5 Å². The van der Waals surface area contributed by atoms with Crippen molar-refractivity contribution in [3.8, 4) is 0 Å². The van der Waals surface area contributed by atoms with Gasteiger partial charge in [0.1, 0.15) is 0 Å². The Morgan fingerprint density at radius 2 is 1.36 bits per heavy atom. The molecule has 0 bridgehead atoms. The molecule has 5 nitrogen and oxygen atoms in total. The van der Waals surface area contributed by atoms with Crippen molar-refractivity contribution in [3.63, 3.8) is 0 Å². The third-order valence-electron chi connectivity index (χ3n) is 4.74. The number of amides is 3. The topological polar surface area (TPSA) is 70.2 Å². The summed E-state index contributed by atoms with van der Waals surface area (Å²) in [5, 5.41) is 10.5. The van der Waals surface area contributed by atoms with Crippen LogP contribution in [0.4, 0.5) is 21.9 Å². The number of carbonyl (C=O) groups excluding carboxylic acids is 2. The van der Waals surface area contributed by atoms with Crippen molar-refractivity contribution in [1.82, 2.24) is 0 Å². The lowest BCUT2D eigenvalue weighted by Gasteiger charge is -2.13. The summed E-state index contributed by atoms with van der Waals surface area (Å²) in [4.78, 5) is 26.0. The van der Waals surface area contributed by atoms with Crippen molar-refractivity contribution in [2.24, 2.45) is 0 Å². The highest BCUT2D eigenvalue weighted by Crippen LogP contribution is 2.30. The molecule has 0 spiro atoms. The minimum absolute atomic E-state index is 0.0677. The van der Waals surface area contributed by atoms with E-state index in [1.165, 1.54) is 16.9 Å². The van der Waals surface area contributed by atoms with Crippen molar-refractivity contribution in [2.75, 3.05) is 16.0 Å². The van der Waals surface area contributed by atoms with E-state index in [9.17, 15) is 9.59 Å². The van der Waals surface area contributed by atoms with Gasteiger partial charge in [-0.1, -0.05) is 18.2 Å². The van der Waals surface area contributed by atoms with Crippen LogP contribution in [0.5, 0.6) is 0 Å². The lowest BCUT2D eigenvalue weighted by atomic mass is 9.95. The van der Waals surface area contributed by atoms with Crippen LogP contribution in [0.1, 0.15) is 33.6 Å². The van der Waals surface area contributed by atoms with E-state index in [1.54, 1.807) is 35.6 Å². The first kappa shape index (κ1) is 18.3. The molecule has 142 valence electrons. The summed E-state index contributed by atoms with van der Waals surface area (Å²) in [6, 6.07) is 16.0. The monoisotopic (exact) mass is 391 g/mol. The number of fused-ring (bicyclic) bond motifs is 1. The second-order valence-electron chi connectivity index (χ2n) is 6.73. The molecule has 1 aromatic heterocycles. The number of hydrogen-bond acceptors (Lipinski definition) is 3. The Balaban J connectivity index is 1.36. The highest BCUT2D eigenvalue weighted by atomic mass is 32.1. The van der Waals surface area contributed by atoms with Gasteiger partial charge in [-0.25, -0.2) is 4.79 Å². The Morgan fingerprint density at radius 3 is 2.07 bits per heavy atom. The third-order valence-corrected chi connectivity index (χ3v) is 5.83. The minimum Gasteiger partial charge on any atom is -0.322 e. The molecule has 1 aliphatic carbocycles. The lowest BCUT2D eigenvalue weighted by Crippen LogP contribution is -2.19. The molecule has 1 aliphatic rings. The van der Waals surface area contributed by atoms with Crippen LogP contribution in [-0.2, 0) is 12.8 Å². The SMILES string of the molecule is O=C(Nc1ccccc1)Nc1ccc(NC(=O)c2csc3c2CCCC3)cc1. The van der Waals surface area contributed by atoms with E-state index in [4.69, 9.17) is 0 Å². The second-order valence-corrected chi connectivity index (χ2v) is 7.70. The summed E-state index contributed by atoms with van der Waals surface area (Å²) in [6.45, 7) is 0. The zero-order chi connectivity index (χ0) is 19.3. The van der Waals surface area contributed by atoms with Crippen molar-refractivity contribution in [1.29, 1.82) is 0 Å². The number of anilines is 3. The van der Waals surface area contributed by atoms with Crippen LogP contribution in [0.15, 0.2) is 60.0 Å². The van der Waals surface area contributed by atoms with E-state index in [-0.39, 0.29) is 11.9 Å². The number of urea groups is 1. The van der Waals surface area contributed by atoms with Crippen LogP contribution < -0.4 is 16.0 Å². The summed E-state index contributed by atoms with van der Waals surface area (Å²) in [5.41, 5.74) is 4.09. The molecule has 28 heavy (non-hydrogen) atoms. The average Bonchev–Trinajstić information content (AvgIpc) is 3.14. The summed E-state index contributed by atoms with van der Waals surface area (Å²) < 4.78 is 0. The van der Waals surface area contributed by atoms with Crippen LogP contribution in [0.25, 0.3) is 0 Å². The molecule has 0 fully saturated rings. The first-order valence-electron chi connectivity index (χ1n) is 9.33. The van der Waals surface area contributed by atoms with E-state index < -0.39 is 0 Å². The minimum atomic E-state index is -0.312. The molecule has 0 radical (unpaired) electrons. The number of thiophene rings is 1. The maximum atomic E-state index is 12.6. The molecule has 0 saturated heterocycles. The van der Waals surface area contributed by atoms with Crippen molar-refractivity contribution >= 4 is 40.3 Å². The molecule has 0 atom stereocenters. The zero-order valence-electron chi connectivity index (χ0n) is 15.3. The number of para-hydroxylation sites is 1. The molecule has 0 aliphatic heterocycles. The maximum Gasteiger partial charge on any atom is 0.323 e. The van der Waals surface area contributed by atoms with E-state index in [2.05, 4.69) is 16.0 Å². The third kappa shape index (κ3) is 4.23. The molecule has 3 aromatic rings.